The van der Waals surface area contributed by atoms with Crippen molar-refractivity contribution in [2.24, 2.45) is 0 Å². The number of rotatable bonds is 2. The Morgan fingerprint density at radius 2 is 2.31 bits per heavy atom. The second-order valence-corrected chi connectivity index (χ2v) is 4.64. The van der Waals surface area contributed by atoms with Crippen molar-refractivity contribution >= 4 is 27.5 Å². The summed E-state index contributed by atoms with van der Waals surface area (Å²) in [5.41, 5.74) is 3.56. The predicted molar refractivity (Wildman–Crippen MR) is 67.1 cm³/mol. The molecule has 0 aromatic heterocycles. The Morgan fingerprint density at radius 3 is 3.06 bits per heavy atom. The van der Waals surface area contributed by atoms with Crippen LogP contribution < -0.4 is 0 Å². The molecule has 0 aliphatic heterocycles. The highest BCUT2D eigenvalue weighted by Gasteiger charge is 2.17. The maximum Gasteiger partial charge on any atom is 0.331 e. The quantitative estimate of drug-likeness (QED) is 0.614. The zero-order chi connectivity index (χ0) is 11.5. The molecule has 2 rings (SSSR count). The van der Waals surface area contributed by atoms with E-state index in [2.05, 4.69) is 28.1 Å². The number of fused-ring (bicyclic) bond motifs is 1. The van der Waals surface area contributed by atoms with Crippen LogP contribution >= 0.6 is 15.9 Å². The SMILES string of the molecule is CCOC(=O)C=C1CCc2cc(Br)ccc21. The van der Waals surface area contributed by atoms with Crippen LogP contribution in [-0.2, 0) is 16.0 Å². The summed E-state index contributed by atoms with van der Waals surface area (Å²) in [6.45, 7) is 2.24. The van der Waals surface area contributed by atoms with Crippen LogP contribution in [0, 0.1) is 0 Å². The first-order chi connectivity index (χ1) is 7.70. The first-order valence-electron chi connectivity index (χ1n) is 5.37. The first kappa shape index (κ1) is 11.4. The number of aryl methyl sites for hydroxylation is 1. The second kappa shape index (κ2) is 4.83. The van der Waals surface area contributed by atoms with Crippen molar-refractivity contribution in [2.45, 2.75) is 19.8 Å². The molecule has 0 atom stereocenters. The van der Waals surface area contributed by atoms with E-state index in [1.54, 1.807) is 6.08 Å². The number of esters is 1. The summed E-state index contributed by atoms with van der Waals surface area (Å²) < 4.78 is 6.00. The summed E-state index contributed by atoms with van der Waals surface area (Å²) in [5, 5.41) is 0. The maximum atomic E-state index is 11.4. The van der Waals surface area contributed by atoms with Crippen molar-refractivity contribution in [3.8, 4) is 0 Å². The molecule has 0 spiro atoms. The van der Waals surface area contributed by atoms with Crippen molar-refractivity contribution in [3.05, 3.63) is 39.9 Å². The molecule has 0 saturated heterocycles. The Labute approximate surface area is 103 Å². The standard InChI is InChI=1S/C13H13BrO2/c1-2-16-13(15)8-10-4-3-9-7-11(14)5-6-12(9)10/h5-8H,2-4H2,1H3. The Bertz CT molecular complexity index is 449. The van der Waals surface area contributed by atoms with E-state index in [0.717, 1.165) is 22.9 Å². The molecule has 1 aromatic carbocycles. The second-order valence-electron chi connectivity index (χ2n) is 3.72. The summed E-state index contributed by atoms with van der Waals surface area (Å²) >= 11 is 3.45. The normalized spacial score (nSPS) is 16.2. The maximum absolute atomic E-state index is 11.4. The third-order valence-corrected chi connectivity index (χ3v) is 3.15. The molecular formula is C13H13BrO2. The van der Waals surface area contributed by atoms with Crippen molar-refractivity contribution in [1.82, 2.24) is 0 Å². The Kier molecular flexibility index (Phi) is 3.44. The topological polar surface area (TPSA) is 26.3 Å². The minimum Gasteiger partial charge on any atom is -0.463 e. The molecule has 1 aliphatic rings. The molecule has 0 N–H and O–H groups in total. The van der Waals surface area contributed by atoms with E-state index in [1.807, 2.05) is 13.0 Å². The molecule has 1 aromatic rings. The summed E-state index contributed by atoms with van der Waals surface area (Å²) in [6, 6.07) is 6.17. The van der Waals surface area contributed by atoms with Crippen molar-refractivity contribution in [3.63, 3.8) is 0 Å². The number of benzene rings is 1. The minimum absolute atomic E-state index is 0.242. The zero-order valence-electron chi connectivity index (χ0n) is 9.13. The molecule has 0 saturated carbocycles. The molecule has 0 radical (unpaired) electrons. The van der Waals surface area contributed by atoms with E-state index in [4.69, 9.17) is 4.74 Å². The van der Waals surface area contributed by atoms with Gasteiger partial charge in [0.25, 0.3) is 0 Å². The van der Waals surface area contributed by atoms with Crippen LogP contribution in [0.2, 0.25) is 0 Å². The molecule has 16 heavy (non-hydrogen) atoms. The zero-order valence-corrected chi connectivity index (χ0v) is 10.7. The van der Waals surface area contributed by atoms with Gasteiger partial charge >= 0.3 is 5.97 Å². The molecule has 84 valence electrons. The number of halogens is 1. The fourth-order valence-corrected chi connectivity index (χ4v) is 2.37. The molecule has 0 amide bonds. The Balaban J connectivity index is 2.26. The molecule has 0 heterocycles. The summed E-state index contributed by atoms with van der Waals surface area (Å²) in [7, 11) is 0. The molecule has 0 bridgehead atoms. The van der Waals surface area contributed by atoms with Crippen LogP contribution in [0.15, 0.2) is 28.7 Å². The van der Waals surface area contributed by atoms with Crippen LogP contribution in [0.5, 0.6) is 0 Å². The summed E-state index contributed by atoms with van der Waals surface area (Å²) in [4.78, 5) is 11.4. The van der Waals surface area contributed by atoms with Crippen LogP contribution in [0.25, 0.3) is 5.57 Å². The molecule has 2 nitrogen and oxygen atoms in total. The lowest BCUT2D eigenvalue weighted by Crippen LogP contribution is -2.00. The van der Waals surface area contributed by atoms with Gasteiger partial charge in [0.05, 0.1) is 6.61 Å². The Morgan fingerprint density at radius 1 is 1.50 bits per heavy atom. The van der Waals surface area contributed by atoms with Gasteiger partial charge in [0.1, 0.15) is 0 Å². The third kappa shape index (κ3) is 2.35. The lowest BCUT2D eigenvalue weighted by molar-refractivity contribution is -0.137. The number of hydrogen-bond acceptors (Lipinski definition) is 2. The van der Waals surface area contributed by atoms with Crippen molar-refractivity contribution in [1.29, 1.82) is 0 Å². The molecular weight excluding hydrogens is 268 g/mol. The smallest absolute Gasteiger partial charge is 0.331 e. The minimum atomic E-state index is -0.242. The number of hydrogen-bond donors (Lipinski definition) is 0. The highest BCUT2D eigenvalue weighted by molar-refractivity contribution is 9.10. The highest BCUT2D eigenvalue weighted by Crippen LogP contribution is 2.33. The molecule has 1 aliphatic carbocycles. The number of carbonyl (C=O) groups is 1. The first-order valence-corrected chi connectivity index (χ1v) is 6.16. The number of ether oxygens (including phenoxy) is 1. The van der Waals surface area contributed by atoms with Gasteiger partial charge in [-0.1, -0.05) is 22.0 Å². The van der Waals surface area contributed by atoms with E-state index < -0.39 is 0 Å². The summed E-state index contributed by atoms with van der Waals surface area (Å²) in [6.07, 6.45) is 3.54. The van der Waals surface area contributed by atoms with Gasteiger partial charge in [0.15, 0.2) is 0 Å². The van der Waals surface area contributed by atoms with Crippen LogP contribution in [0.3, 0.4) is 0 Å². The van der Waals surface area contributed by atoms with E-state index in [1.165, 1.54) is 11.1 Å². The van der Waals surface area contributed by atoms with Gasteiger partial charge in [-0.2, -0.15) is 0 Å². The predicted octanol–water partition coefficient (Wildman–Crippen LogP) is 3.34. The molecule has 0 fully saturated rings. The van der Waals surface area contributed by atoms with Gasteiger partial charge < -0.3 is 4.74 Å². The summed E-state index contributed by atoms with van der Waals surface area (Å²) in [5.74, 6) is -0.242. The van der Waals surface area contributed by atoms with Crippen LogP contribution in [0.4, 0.5) is 0 Å². The van der Waals surface area contributed by atoms with Crippen molar-refractivity contribution in [2.75, 3.05) is 6.61 Å². The van der Waals surface area contributed by atoms with E-state index in [0.29, 0.717) is 6.61 Å². The third-order valence-electron chi connectivity index (χ3n) is 2.66. The van der Waals surface area contributed by atoms with Gasteiger partial charge in [0.2, 0.25) is 0 Å². The largest absolute Gasteiger partial charge is 0.463 e. The van der Waals surface area contributed by atoms with E-state index >= 15 is 0 Å². The average molecular weight is 281 g/mol. The highest BCUT2D eigenvalue weighted by atomic mass is 79.9. The van der Waals surface area contributed by atoms with E-state index in [9.17, 15) is 4.79 Å². The number of allylic oxidation sites excluding steroid dienone is 1. The van der Waals surface area contributed by atoms with Crippen LogP contribution in [0.1, 0.15) is 24.5 Å². The fraction of sp³-hybridized carbons (Fsp3) is 0.308. The lowest BCUT2D eigenvalue weighted by atomic mass is 10.1. The van der Waals surface area contributed by atoms with Gasteiger partial charge in [0, 0.05) is 10.5 Å². The van der Waals surface area contributed by atoms with Gasteiger partial charge in [-0.15, -0.1) is 0 Å². The Hall–Kier alpha value is -1.09. The fourth-order valence-electron chi connectivity index (χ4n) is 1.96. The monoisotopic (exact) mass is 280 g/mol. The number of carbonyl (C=O) groups excluding carboxylic acids is 1. The van der Waals surface area contributed by atoms with Crippen molar-refractivity contribution < 1.29 is 9.53 Å². The van der Waals surface area contributed by atoms with E-state index in [-0.39, 0.29) is 5.97 Å². The van der Waals surface area contributed by atoms with Gasteiger partial charge in [-0.3, -0.25) is 0 Å². The van der Waals surface area contributed by atoms with Crippen LogP contribution in [-0.4, -0.2) is 12.6 Å². The molecule has 0 unspecified atom stereocenters. The lowest BCUT2D eigenvalue weighted by Gasteiger charge is -2.01. The van der Waals surface area contributed by atoms with Gasteiger partial charge in [-0.05, 0) is 48.6 Å². The average Bonchev–Trinajstić information content (AvgIpc) is 2.61. The van der Waals surface area contributed by atoms with Gasteiger partial charge in [-0.25, -0.2) is 4.79 Å². The molecule has 3 heteroatoms.